The van der Waals surface area contributed by atoms with Gasteiger partial charge in [-0.15, -0.1) is 0 Å². The second-order valence-corrected chi connectivity index (χ2v) is 11.2. The van der Waals surface area contributed by atoms with Crippen LogP contribution in [0.5, 0.6) is 0 Å². The van der Waals surface area contributed by atoms with Gasteiger partial charge in [-0.2, -0.15) is 0 Å². The Morgan fingerprint density at radius 1 is 0.568 bits per heavy atom. The Morgan fingerprint density at radius 3 is 1.02 bits per heavy atom. The summed E-state index contributed by atoms with van der Waals surface area (Å²) < 4.78 is 11.2. The van der Waals surface area contributed by atoms with Crippen LogP contribution in [-0.4, -0.2) is 37.1 Å². The van der Waals surface area contributed by atoms with Crippen LogP contribution in [0.15, 0.2) is 9.98 Å². The van der Waals surface area contributed by atoms with E-state index >= 15 is 0 Å². The van der Waals surface area contributed by atoms with Crippen molar-refractivity contribution < 1.29 is 80.0 Å². The van der Waals surface area contributed by atoms with Gasteiger partial charge in [-0.3, -0.25) is 0 Å². The van der Waals surface area contributed by atoms with E-state index in [1.54, 1.807) is 0 Å². The number of hydrogen-bond acceptors (Lipinski definition) is 4. The maximum Gasteiger partial charge on any atom is 2.00 e. The molecule has 0 aromatic rings. The second-order valence-electron chi connectivity index (χ2n) is 11.2. The first-order valence-corrected chi connectivity index (χ1v) is 17.4. The number of halogens is 2. The van der Waals surface area contributed by atoms with Crippen molar-refractivity contribution in [3.05, 3.63) is 127 Å². The van der Waals surface area contributed by atoms with E-state index in [1.807, 2.05) is 77.0 Å². The Labute approximate surface area is 323 Å². The van der Waals surface area contributed by atoms with E-state index in [9.17, 15) is 0 Å². The molecule has 4 aliphatic carbocycles. The summed E-state index contributed by atoms with van der Waals surface area (Å²) in [6.07, 6.45) is 37.6. The van der Waals surface area contributed by atoms with Crippen molar-refractivity contribution in [3.63, 3.8) is 0 Å². The molecule has 2 heterocycles. The van der Waals surface area contributed by atoms with Crippen LogP contribution < -0.4 is 0 Å². The summed E-state index contributed by atoms with van der Waals surface area (Å²) in [5.41, 5.74) is 0.0582. The van der Waals surface area contributed by atoms with Gasteiger partial charge in [-0.25, -0.2) is 35.7 Å². The molecule has 0 N–H and O–H groups in total. The van der Waals surface area contributed by atoms with Crippen molar-refractivity contribution in [1.82, 2.24) is 0 Å². The summed E-state index contributed by atoms with van der Waals surface area (Å²) in [5, 5.41) is 0. The standard InChI is InChI=1S/2C12H16NO.2C5H4.2ClH.2Fe.2Pd/c2*1-12(2,3)11-13-10(8-14-11)9-6-4-5-7-9;2*1-2-4-5-3-1;;;;;;/h2*4-7,10H,8H2,1-3H3;2*1-4H;2*1H;;;;/q;;2*-1;;;4*+2/p-2/t2*10-;;;;;;;;/m00......../s1. The van der Waals surface area contributed by atoms with Gasteiger partial charge in [0.1, 0.15) is 13.2 Å². The van der Waals surface area contributed by atoms with Crippen molar-refractivity contribution in [2.24, 2.45) is 20.8 Å². The predicted octanol–water partition coefficient (Wildman–Crippen LogP) is 7.64. The zero-order valence-corrected chi connectivity index (χ0v) is 32.4. The van der Waals surface area contributed by atoms with E-state index in [4.69, 9.17) is 9.47 Å². The van der Waals surface area contributed by atoms with Crippen LogP contribution >= 0.6 is 19.1 Å². The molecule has 0 unspecified atom stereocenters. The maximum absolute atomic E-state index is 5.60. The van der Waals surface area contributed by atoms with Gasteiger partial charge in [0.25, 0.3) is 0 Å². The predicted molar refractivity (Wildman–Crippen MR) is 167 cm³/mol. The third-order valence-electron chi connectivity index (χ3n) is 5.72. The monoisotopic (exact) mass is 902 g/mol. The first-order chi connectivity index (χ1) is 20.1. The van der Waals surface area contributed by atoms with E-state index in [2.05, 4.69) is 145 Å². The van der Waals surface area contributed by atoms with E-state index in [1.165, 1.54) is 11.8 Å². The van der Waals surface area contributed by atoms with Crippen LogP contribution in [0.1, 0.15) is 41.5 Å². The third kappa shape index (κ3) is 19.8. The molecule has 0 saturated heterocycles. The van der Waals surface area contributed by atoms with Gasteiger partial charge >= 0.3 is 89.6 Å². The Kier molecular flexibility index (Phi) is 30.2. The number of rotatable bonds is 2. The largest absolute Gasteiger partial charge is 2.00 e. The quantitative estimate of drug-likeness (QED) is 0.212. The molecule has 244 valence electrons. The third-order valence-corrected chi connectivity index (χ3v) is 5.72. The minimum absolute atomic E-state index is 0. The van der Waals surface area contributed by atoms with E-state index in [-0.39, 0.29) is 57.1 Å². The van der Waals surface area contributed by atoms with Gasteiger partial charge in [0.05, 0.1) is 12.1 Å². The average Bonchev–Trinajstić information content (AvgIpc) is 3.85. The van der Waals surface area contributed by atoms with Crippen LogP contribution in [0.3, 0.4) is 0 Å². The molecular weight excluding hydrogens is 864 g/mol. The molecule has 0 bridgehead atoms. The molecule has 0 amide bonds. The summed E-state index contributed by atoms with van der Waals surface area (Å²) in [6.45, 7) is 14.1. The Morgan fingerprint density at radius 2 is 0.841 bits per heavy atom. The zero-order valence-electron chi connectivity index (χ0n) is 25.6. The first kappa shape index (κ1) is 48.0. The molecule has 20 radical (unpaired) electrons. The molecule has 4 nitrogen and oxygen atoms in total. The van der Waals surface area contributed by atoms with Crippen molar-refractivity contribution >= 4 is 30.9 Å². The molecule has 2 aliphatic heterocycles. The fraction of sp³-hybridized carbons (Fsp3) is 0.353. The van der Waals surface area contributed by atoms with E-state index in [0.717, 1.165) is 11.8 Å². The maximum atomic E-state index is 5.60. The number of ether oxygens (including phenoxy) is 2. The van der Waals surface area contributed by atoms with Gasteiger partial charge in [0.2, 0.25) is 0 Å². The Bertz CT molecular complexity index is 667. The van der Waals surface area contributed by atoms with Crippen LogP contribution in [-0.2, 0) is 80.0 Å². The fourth-order valence-corrected chi connectivity index (χ4v) is 3.69. The van der Waals surface area contributed by atoms with Crippen LogP contribution in [0.4, 0.5) is 0 Å². The summed E-state index contributed by atoms with van der Waals surface area (Å²) in [4.78, 5) is 9.19. The Balaban J connectivity index is 0. The molecule has 10 heteroatoms. The van der Waals surface area contributed by atoms with Gasteiger partial charge in [0.15, 0.2) is 11.8 Å². The molecule has 4 fully saturated rings. The Hall–Kier alpha value is 1.88. The molecule has 0 aromatic carbocycles. The average molecular weight is 904 g/mol. The van der Waals surface area contributed by atoms with Crippen LogP contribution in [0, 0.1) is 138 Å². The van der Waals surface area contributed by atoms with Gasteiger partial charge in [0, 0.05) is 22.7 Å². The van der Waals surface area contributed by atoms with Gasteiger partial charge in [-0.1, -0.05) is 67.2 Å². The molecule has 4 saturated carbocycles. The molecule has 44 heavy (non-hydrogen) atoms. The molecule has 0 aromatic heterocycles. The van der Waals surface area contributed by atoms with Crippen LogP contribution in [0.2, 0.25) is 0 Å². The van der Waals surface area contributed by atoms with Gasteiger partial charge in [-0.05, 0) is 51.4 Å². The molecule has 0 spiro atoms. The molecule has 6 aliphatic rings. The topological polar surface area (TPSA) is 43.2 Å². The van der Waals surface area contributed by atoms with Gasteiger partial charge < -0.3 is 22.3 Å². The summed E-state index contributed by atoms with van der Waals surface area (Å²) in [6, 6.07) is 0.415. The smallest absolute Gasteiger partial charge is 2.00 e. The molecular formula is C34H40Cl2Fe2N2O2Pd2+4. The van der Waals surface area contributed by atoms with E-state index in [0.29, 0.717) is 13.2 Å². The molecule has 2 atom stereocenters. The van der Waals surface area contributed by atoms with E-state index < -0.39 is 0 Å². The fourth-order valence-electron chi connectivity index (χ4n) is 3.69. The SMILES string of the molecule is CC(C)(C)C1=N[C@H]([C]2[CH][CH][CH][CH]2)CO1.CC(C)(C)C1=N[C@H]([C]2[CH][CH][CH][CH]2)CO1.[C-]1[CH][CH][CH][CH]1.[C-]1[CH][CH][CH][CH]1.[Cl][Pd+].[Cl][Pd+].[Fe+2].[Fe+2]. The van der Waals surface area contributed by atoms with Crippen LogP contribution in [0.25, 0.3) is 0 Å². The van der Waals surface area contributed by atoms with Crippen molar-refractivity contribution in [3.8, 4) is 0 Å². The summed E-state index contributed by atoms with van der Waals surface area (Å²) in [5.74, 6) is 4.26. The van der Waals surface area contributed by atoms with Crippen molar-refractivity contribution in [2.75, 3.05) is 13.2 Å². The molecule has 6 rings (SSSR count). The minimum atomic E-state index is 0. The minimum Gasteiger partial charge on any atom is 2.00 e. The second kappa shape index (κ2) is 27.7. The normalized spacial score (nSPS) is 24.3. The van der Waals surface area contributed by atoms with Crippen molar-refractivity contribution in [2.45, 2.75) is 53.6 Å². The number of hydrogen-bond donors (Lipinski definition) is 0. The number of aliphatic imine (C=N–C) groups is 2. The number of nitrogens with zero attached hydrogens (tertiary/aromatic N) is 2. The summed E-state index contributed by atoms with van der Waals surface area (Å²) in [7, 11) is 8.98. The zero-order chi connectivity index (χ0) is 31.4. The van der Waals surface area contributed by atoms with Crippen molar-refractivity contribution in [1.29, 1.82) is 0 Å². The summed E-state index contributed by atoms with van der Waals surface area (Å²) >= 11 is 4.44. The first-order valence-electron chi connectivity index (χ1n) is 13.4.